The number of benzene rings is 1. The van der Waals surface area contributed by atoms with Gasteiger partial charge in [-0.15, -0.1) is 0 Å². The fourth-order valence-corrected chi connectivity index (χ4v) is 3.27. The number of fused-ring (bicyclic) bond motifs is 2. The number of esters is 1. The zero-order valence-corrected chi connectivity index (χ0v) is 14.9. The van der Waals surface area contributed by atoms with Crippen LogP contribution in [0.5, 0.6) is 11.5 Å². The number of hydrogen-bond acceptors (Lipinski definition) is 7. The van der Waals surface area contributed by atoms with Crippen LogP contribution in [0.1, 0.15) is 31.3 Å². The van der Waals surface area contributed by atoms with E-state index >= 15 is 0 Å². The van der Waals surface area contributed by atoms with E-state index in [2.05, 4.69) is 15.4 Å². The molecule has 0 bridgehead atoms. The number of nitrogens with zero attached hydrogens (tertiary/aromatic N) is 3. The summed E-state index contributed by atoms with van der Waals surface area (Å²) in [6.07, 6.45) is 0. The molecule has 1 N–H and O–H groups in total. The Labute approximate surface area is 150 Å². The van der Waals surface area contributed by atoms with Crippen LogP contribution in [0.15, 0.2) is 29.5 Å². The number of rotatable bonds is 3. The highest BCUT2D eigenvalue weighted by Crippen LogP contribution is 2.39. The molecular weight excluding hydrogens is 336 g/mol. The molecule has 1 atom stereocenters. The molecule has 0 saturated heterocycles. The lowest BCUT2D eigenvalue weighted by Gasteiger charge is -2.29. The number of carbonyl (C=O) groups excluding carboxylic acids is 1. The molecule has 0 saturated carbocycles. The van der Waals surface area contributed by atoms with Gasteiger partial charge in [-0.2, -0.15) is 10.1 Å². The number of nitrogens with one attached hydrogen (secondary N) is 1. The number of ether oxygens (including phenoxy) is 3. The average Bonchev–Trinajstić information content (AvgIpc) is 2.99. The lowest BCUT2D eigenvalue weighted by Crippen LogP contribution is -2.30. The number of anilines is 1. The maximum Gasteiger partial charge on any atom is 0.338 e. The standard InChI is InChI=1S/C18H20N4O4/c1-4-24-17(23)15-10(2)19-18-20-11(3)21-22(18)16(15)12-5-6-13-14(9-12)26-8-7-25-13/h5-6,9,16H,4,7-8H2,1-3H3,(H,19,20,21). The highest BCUT2D eigenvalue weighted by atomic mass is 16.6. The van der Waals surface area contributed by atoms with E-state index in [1.807, 2.05) is 32.0 Å². The minimum absolute atomic E-state index is 0.298. The topological polar surface area (TPSA) is 87.5 Å². The number of hydrogen-bond donors (Lipinski definition) is 1. The van der Waals surface area contributed by atoms with Crippen LogP contribution in [0, 0.1) is 6.92 Å². The summed E-state index contributed by atoms with van der Waals surface area (Å²) in [6, 6.07) is 5.20. The Bertz CT molecular complexity index is 903. The van der Waals surface area contributed by atoms with Gasteiger partial charge in [0.2, 0.25) is 5.95 Å². The molecule has 0 radical (unpaired) electrons. The van der Waals surface area contributed by atoms with Crippen molar-refractivity contribution in [3.8, 4) is 11.5 Å². The number of allylic oxidation sites excluding steroid dienone is 1. The molecule has 136 valence electrons. The van der Waals surface area contributed by atoms with Gasteiger partial charge in [0.05, 0.1) is 12.2 Å². The summed E-state index contributed by atoms with van der Waals surface area (Å²) in [6.45, 7) is 6.76. The normalized spacial score (nSPS) is 18.2. The van der Waals surface area contributed by atoms with Gasteiger partial charge in [0.25, 0.3) is 0 Å². The minimum Gasteiger partial charge on any atom is -0.486 e. The minimum atomic E-state index is -0.456. The van der Waals surface area contributed by atoms with Crippen LogP contribution >= 0.6 is 0 Å². The fraction of sp³-hybridized carbons (Fsp3) is 0.389. The van der Waals surface area contributed by atoms with E-state index in [4.69, 9.17) is 14.2 Å². The molecule has 0 amide bonds. The first kappa shape index (κ1) is 16.4. The molecule has 2 aliphatic heterocycles. The van der Waals surface area contributed by atoms with Crippen molar-refractivity contribution in [2.24, 2.45) is 0 Å². The molecule has 3 heterocycles. The second-order valence-electron chi connectivity index (χ2n) is 6.12. The molecule has 0 aliphatic carbocycles. The zero-order chi connectivity index (χ0) is 18.3. The fourth-order valence-electron chi connectivity index (χ4n) is 3.27. The summed E-state index contributed by atoms with van der Waals surface area (Å²) >= 11 is 0. The molecule has 2 aliphatic rings. The second-order valence-corrected chi connectivity index (χ2v) is 6.12. The van der Waals surface area contributed by atoms with Gasteiger partial charge in [0, 0.05) is 5.70 Å². The van der Waals surface area contributed by atoms with E-state index in [0.717, 1.165) is 5.56 Å². The van der Waals surface area contributed by atoms with Crippen LogP contribution in [0.25, 0.3) is 0 Å². The third kappa shape index (κ3) is 2.67. The van der Waals surface area contributed by atoms with Crippen LogP contribution in [0.4, 0.5) is 5.95 Å². The third-order valence-corrected chi connectivity index (χ3v) is 4.34. The van der Waals surface area contributed by atoms with Crippen LogP contribution in [0.2, 0.25) is 0 Å². The molecule has 0 fully saturated rings. The van der Waals surface area contributed by atoms with Crippen molar-refractivity contribution < 1.29 is 19.0 Å². The Balaban J connectivity index is 1.85. The number of aryl methyl sites for hydroxylation is 1. The summed E-state index contributed by atoms with van der Waals surface area (Å²) in [4.78, 5) is 17.1. The van der Waals surface area contributed by atoms with Crippen molar-refractivity contribution in [3.05, 3.63) is 40.9 Å². The van der Waals surface area contributed by atoms with Crippen LogP contribution in [0.3, 0.4) is 0 Å². The average molecular weight is 356 g/mol. The van der Waals surface area contributed by atoms with Crippen molar-refractivity contribution >= 4 is 11.9 Å². The third-order valence-electron chi connectivity index (χ3n) is 4.34. The molecule has 8 heteroatoms. The molecule has 0 spiro atoms. The number of carbonyl (C=O) groups is 1. The van der Waals surface area contributed by atoms with Gasteiger partial charge in [0.1, 0.15) is 25.1 Å². The Hall–Kier alpha value is -3.03. The van der Waals surface area contributed by atoms with Crippen molar-refractivity contribution in [1.82, 2.24) is 14.8 Å². The van der Waals surface area contributed by atoms with Gasteiger partial charge >= 0.3 is 5.97 Å². The first-order valence-electron chi connectivity index (χ1n) is 8.56. The van der Waals surface area contributed by atoms with Gasteiger partial charge in [0.15, 0.2) is 11.5 Å². The predicted molar refractivity (Wildman–Crippen MR) is 93.3 cm³/mol. The molecule has 1 aromatic heterocycles. The highest BCUT2D eigenvalue weighted by molar-refractivity contribution is 5.92. The molecule has 8 nitrogen and oxygen atoms in total. The van der Waals surface area contributed by atoms with E-state index in [1.54, 1.807) is 11.6 Å². The lowest BCUT2D eigenvalue weighted by molar-refractivity contribution is -0.139. The molecule has 1 aromatic carbocycles. The van der Waals surface area contributed by atoms with Gasteiger partial charge in [-0.05, 0) is 38.5 Å². The summed E-state index contributed by atoms with van der Waals surface area (Å²) < 4.78 is 18.3. The van der Waals surface area contributed by atoms with Crippen molar-refractivity contribution in [1.29, 1.82) is 0 Å². The van der Waals surface area contributed by atoms with Gasteiger partial charge in [-0.3, -0.25) is 0 Å². The summed E-state index contributed by atoms with van der Waals surface area (Å²) in [5, 5.41) is 7.62. The largest absolute Gasteiger partial charge is 0.486 e. The number of aromatic nitrogens is 3. The molecule has 26 heavy (non-hydrogen) atoms. The Kier molecular flexibility index (Phi) is 4.02. The summed E-state index contributed by atoms with van der Waals surface area (Å²) in [7, 11) is 0. The van der Waals surface area contributed by atoms with Crippen LogP contribution < -0.4 is 14.8 Å². The Morgan fingerprint density at radius 3 is 2.85 bits per heavy atom. The Morgan fingerprint density at radius 2 is 2.08 bits per heavy atom. The van der Waals surface area contributed by atoms with Crippen molar-refractivity contribution in [2.75, 3.05) is 25.1 Å². The van der Waals surface area contributed by atoms with E-state index in [0.29, 0.717) is 54.4 Å². The Morgan fingerprint density at radius 1 is 1.31 bits per heavy atom. The van der Waals surface area contributed by atoms with Crippen molar-refractivity contribution in [2.45, 2.75) is 26.8 Å². The van der Waals surface area contributed by atoms with Gasteiger partial charge < -0.3 is 19.5 Å². The zero-order valence-electron chi connectivity index (χ0n) is 14.9. The van der Waals surface area contributed by atoms with Crippen LogP contribution in [-0.2, 0) is 9.53 Å². The summed E-state index contributed by atoms with van der Waals surface area (Å²) in [5.74, 6) is 2.19. The van der Waals surface area contributed by atoms with Crippen LogP contribution in [-0.4, -0.2) is 40.6 Å². The van der Waals surface area contributed by atoms with E-state index in [9.17, 15) is 4.79 Å². The molecule has 2 aromatic rings. The molecular formula is C18H20N4O4. The van der Waals surface area contributed by atoms with Gasteiger partial charge in [-0.1, -0.05) is 6.07 Å². The SMILES string of the molecule is CCOC(=O)C1=C(C)Nc2nc(C)nn2C1c1ccc2c(c1)OCCO2. The second kappa shape index (κ2) is 6.36. The van der Waals surface area contributed by atoms with E-state index in [-0.39, 0.29) is 5.97 Å². The quantitative estimate of drug-likeness (QED) is 0.844. The predicted octanol–water partition coefficient (Wildman–Crippen LogP) is 2.21. The van der Waals surface area contributed by atoms with Crippen molar-refractivity contribution in [3.63, 3.8) is 0 Å². The first-order valence-corrected chi connectivity index (χ1v) is 8.56. The lowest BCUT2D eigenvalue weighted by atomic mass is 9.95. The first-order chi connectivity index (χ1) is 12.6. The van der Waals surface area contributed by atoms with E-state index < -0.39 is 6.04 Å². The maximum atomic E-state index is 12.7. The molecule has 1 unspecified atom stereocenters. The van der Waals surface area contributed by atoms with Gasteiger partial charge in [-0.25, -0.2) is 9.48 Å². The molecule has 4 rings (SSSR count). The van der Waals surface area contributed by atoms with E-state index in [1.165, 1.54) is 0 Å². The summed E-state index contributed by atoms with van der Waals surface area (Å²) in [5.41, 5.74) is 2.05. The maximum absolute atomic E-state index is 12.7. The monoisotopic (exact) mass is 356 g/mol. The highest BCUT2D eigenvalue weighted by Gasteiger charge is 2.35. The smallest absolute Gasteiger partial charge is 0.338 e.